The van der Waals surface area contributed by atoms with Crippen molar-refractivity contribution < 1.29 is 13.2 Å². The number of aromatic nitrogens is 1. The Bertz CT molecular complexity index is 440. The van der Waals surface area contributed by atoms with Gasteiger partial charge in [0.15, 0.2) is 9.34 Å². The number of hydrogen-bond acceptors (Lipinski definition) is 5. The van der Waals surface area contributed by atoms with E-state index in [1.807, 2.05) is 0 Å². The maximum Gasteiger partial charge on any atom is 0.272 e. The predicted octanol–water partition coefficient (Wildman–Crippen LogP) is 1.42. The Morgan fingerprint density at radius 3 is 2.79 bits per heavy atom. The highest BCUT2D eigenvalue weighted by molar-refractivity contribution is 8.15. The number of nitrogens with zero attached hydrogens (tertiary/aromatic N) is 1. The van der Waals surface area contributed by atoms with E-state index in [-0.39, 0.29) is 15.2 Å². The van der Waals surface area contributed by atoms with Gasteiger partial charge >= 0.3 is 0 Å². The first-order chi connectivity index (χ1) is 6.43. The van der Waals surface area contributed by atoms with Crippen molar-refractivity contribution in [2.75, 3.05) is 5.32 Å². The van der Waals surface area contributed by atoms with Gasteiger partial charge in [-0.25, -0.2) is 13.4 Å². The molecule has 0 aliphatic carbocycles. The van der Waals surface area contributed by atoms with Crippen LogP contribution < -0.4 is 5.32 Å². The lowest BCUT2D eigenvalue weighted by atomic mass is 10.5. The maximum absolute atomic E-state index is 10.9. The van der Waals surface area contributed by atoms with Crippen molar-refractivity contribution in [3.05, 3.63) is 6.20 Å². The Balaban J connectivity index is 2.84. The summed E-state index contributed by atoms with van der Waals surface area (Å²) < 4.78 is 21.6. The molecule has 1 rings (SSSR count). The van der Waals surface area contributed by atoms with Gasteiger partial charge in [-0.2, -0.15) is 0 Å². The van der Waals surface area contributed by atoms with E-state index in [1.54, 1.807) is 6.92 Å². The van der Waals surface area contributed by atoms with Crippen LogP contribution in [-0.2, 0) is 13.8 Å². The van der Waals surface area contributed by atoms with Gasteiger partial charge in [0.1, 0.15) is 0 Å². The molecule has 78 valence electrons. The first-order valence-electron chi connectivity index (χ1n) is 3.64. The topological polar surface area (TPSA) is 76.1 Å². The highest BCUT2D eigenvalue weighted by Gasteiger charge is 2.15. The van der Waals surface area contributed by atoms with Gasteiger partial charge in [0.05, 0.1) is 6.20 Å². The van der Waals surface area contributed by atoms with Crippen LogP contribution in [0.25, 0.3) is 0 Å². The third-order valence-electron chi connectivity index (χ3n) is 1.29. The zero-order valence-corrected chi connectivity index (χ0v) is 9.54. The lowest BCUT2D eigenvalue weighted by Gasteiger charge is -1.95. The van der Waals surface area contributed by atoms with Gasteiger partial charge in [0, 0.05) is 17.1 Å². The number of amides is 1. The second kappa shape index (κ2) is 4.24. The first-order valence-corrected chi connectivity index (χ1v) is 6.76. The predicted molar refractivity (Wildman–Crippen MR) is 54.1 cm³/mol. The van der Waals surface area contributed by atoms with Crippen LogP contribution in [0.4, 0.5) is 5.13 Å². The van der Waals surface area contributed by atoms with Gasteiger partial charge in [-0.05, 0) is 0 Å². The molecular formula is C6H7ClN2O3S2. The van der Waals surface area contributed by atoms with Crippen LogP contribution in [0.15, 0.2) is 10.4 Å². The molecule has 0 saturated carbocycles. The average molecular weight is 255 g/mol. The molecule has 0 fully saturated rings. The second-order valence-corrected chi connectivity index (χ2v) is 6.15. The highest BCUT2D eigenvalue weighted by Crippen LogP contribution is 2.25. The molecule has 0 saturated heterocycles. The molecule has 1 aromatic rings. The van der Waals surface area contributed by atoms with E-state index < -0.39 is 9.05 Å². The first kappa shape index (κ1) is 11.4. The van der Waals surface area contributed by atoms with Crippen molar-refractivity contribution in [2.24, 2.45) is 0 Å². The van der Waals surface area contributed by atoms with Gasteiger partial charge in [-0.1, -0.05) is 18.3 Å². The molecule has 0 aromatic carbocycles. The lowest BCUT2D eigenvalue weighted by Crippen LogP contribution is -2.08. The molecule has 5 nitrogen and oxygen atoms in total. The van der Waals surface area contributed by atoms with Gasteiger partial charge < -0.3 is 5.32 Å². The van der Waals surface area contributed by atoms with E-state index in [2.05, 4.69) is 10.3 Å². The molecule has 0 aliphatic rings. The summed E-state index contributed by atoms with van der Waals surface area (Å²) in [7, 11) is 1.32. The standard InChI is InChI=1S/C6H7ClN2O3S2/c1-2-4(10)9-6-8-3-5(13-6)14(7,11)12/h3H,2H2,1H3,(H,8,9,10). The Labute approximate surface area is 89.5 Å². The van der Waals surface area contributed by atoms with Crippen molar-refractivity contribution in [1.82, 2.24) is 4.98 Å². The van der Waals surface area contributed by atoms with Crippen LogP contribution in [0.1, 0.15) is 13.3 Å². The van der Waals surface area contributed by atoms with Gasteiger partial charge in [0.25, 0.3) is 9.05 Å². The van der Waals surface area contributed by atoms with Crippen molar-refractivity contribution >= 4 is 42.1 Å². The molecule has 0 atom stereocenters. The molecule has 8 heteroatoms. The molecule has 0 unspecified atom stereocenters. The summed E-state index contributed by atoms with van der Waals surface area (Å²) in [5.41, 5.74) is 0. The van der Waals surface area contributed by atoms with E-state index in [0.717, 1.165) is 17.5 Å². The van der Waals surface area contributed by atoms with Crippen LogP contribution in [0.3, 0.4) is 0 Å². The number of rotatable bonds is 3. The zero-order chi connectivity index (χ0) is 10.8. The number of hydrogen-bond donors (Lipinski definition) is 1. The Morgan fingerprint density at radius 2 is 2.36 bits per heavy atom. The second-order valence-electron chi connectivity index (χ2n) is 2.32. The minimum atomic E-state index is -3.75. The van der Waals surface area contributed by atoms with E-state index in [9.17, 15) is 13.2 Å². The number of carbonyl (C=O) groups is 1. The number of halogens is 1. The molecule has 1 amide bonds. The number of anilines is 1. The van der Waals surface area contributed by atoms with E-state index in [1.165, 1.54) is 0 Å². The van der Waals surface area contributed by atoms with Crippen LogP contribution in [0, 0.1) is 0 Å². The third-order valence-corrected chi connectivity index (χ3v) is 4.27. The monoisotopic (exact) mass is 254 g/mol. The smallest absolute Gasteiger partial charge is 0.272 e. The molecule has 1 N–H and O–H groups in total. The number of thiazole rings is 1. The zero-order valence-electron chi connectivity index (χ0n) is 7.15. The van der Waals surface area contributed by atoms with Crippen molar-refractivity contribution in [2.45, 2.75) is 17.6 Å². The van der Waals surface area contributed by atoms with Crippen molar-refractivity contribution in [3.8, 4) is 0 Å². The SMILES string of the molecule is CCC(=O)Nc1ncc(S(=O)(=O)Cl)s1. The van der Waals surface area contributed by atoms with Gasteiger partial charge in [-0.15, -0.1) is 0 Å². The summed E-state index contributed by atoms with van der Waals surface area (Å²) >= 11 is 0.821. The fraction of sp³-hybridized carbons (Fsp3) is 0.333. The summed E-state index contributed by atoms with van der Waals surface area (Å²) in [4.78, 5) is 14.6. The van der Waals surface area contributed by atoms with E-state index >= 15 is 0 Å². The highest BCUT2D eigenvalue weighted by atomic mass is 35.7. The Morgan fingerprint density at radius 1 is 1.71 bits per heavy atom. The van der Waals surface area contributed by atoms with Crippen LogP contribution in [-0.4, -0.2) is 19.3 Å². The molecule has 0 radical (unpaired) electrons. The summed E-state index contributed by atoms with van der Waals surface area (Å²) in [6.07, 6.45) is 1.42. The van der Waals surface area contributed by atoms with Gasteiger partial charge in [-0.3, -0.25) is 4.79 Å². The normalized spacial score (nSPS) is 11.3. The summed E-state index contributed by atoms with van der Waals surface area (Å²) in [6, 6.07) is 0. The quantitative estimate of drug-likeness (QED) is 0.828. The molecule has 1 heterocycles. The van der Waals surface area contributed by atoms with E-state index in [0.29, 0.717) is 6.42 Å². The maximum atomic E-state index is 10.9. The third kappa shape index (κ3) is 2.93. The Kier molecular flexibility index (Phi) is 3.46. The molecule has 0 spiro atoms. The summed E-state index contributed by atoms with van der Waals surface area (Å²) in [5, 5.41) is 2.66. The average Bonchev–Trinajstić information content (AvgIpc) is 2.51. The van der Waals surface area contributed by atoms with Gasteiger partial charge in [0.2, 0.25) is 5.91 Å². The van der Waals surface area contributed by atoms with Crippen molar-refractivity contribution in [1.29, 1.82) is 0 Å². The van der Waals surface area contributed by atoms with Crippen LogP contribution in [0.2, 0.25) is 0 Å². The Hall–Kier alpha value is -0.660. The largest absolute Gasteiger partial charge is 0.302 e. The molecule has 0 aliphatic heterocycles. The minimum Gasteiger partial charge on any atom is -0.302 e. The van der Waals surface area contributed by atoms with Crippen LogP contribution in [0.5, 0.6) is 0 Å². The number of carbonyl (C=O) groups excluding carboxylic acids is 1. The fourth-order valence-electron chi connectivity index (χ4n) is 0.637. The fourth-order valence-corrected chi connectivity index (χ4v) is 2.42. The lowest BCUT2D eigenvalue weighted by molar-refractivity contribution is -0.115. The van der Waals surface area contributed by atoms with Crippen LogP contribution >= 0.6 is 22.0 Å². The van der Waals surface area contributed by atoms with E-state index in [4.69, 9.17) is 10.7 Å². The molecule has 1 aromatic heterocycles. The molecule has 0 bridgehead atoms. The molecule has 14 heavy (non-hydrogen) atoms. The number of nitrogens with one attached hydrogen (secondary N) is 1. The summed E-state index contributed by atoms with van der Waals surface area (Å²) in [6.45, 7) is 1.68. The van der Waals surface area contributed by atoms with Crippen molar-refractivity contribution in [3.63, 3.8) is 0 Å². The minimum absolute atomic E-state index is 0.0782. The summed E-state index contributed by atoms with van der Waals surface area (Å²) in [5.74, 6) is -0.224. The molecular weight excluding hydrogens is 248 g/mol.